The molecule has 0 N–H and O–H groups in total. The summed E-state index contributed by atoms with van der Waals surface area (Å²) in [6.07, 6.45) is 1.72. The largest absolute Gasteiger partial charge is 0.439 e. The van der Waals surface area contributed by atoms with Crippen molar-refractivity contribution in [2.75, 3.05) is 0 Å². The fourth-order valence-corrected chi connectivity index (χ4v) is 2.12. The van der Waals surface area contributed by atoms with Crippen molar-refractivity contribution in [2.45, 2.75) is 0 Å². The first-order valence-electron chi connectivity index (χ1n) is 6.26. The second-order valence-electron chi connectivity index (χ2n) is 4.31. The smallest absolute Gasteiger partial charge is 0.219 e. The first kappa shape index (κ1) is 12.9. The summed E-state index contributed by atoms with van der Waals surface area (Å²) in [6, 6.07) is 22.0. The lowest BCUT2D eigenvalue weighted by molar-refractivity contribution is 0.463. The standard InChI is InChI=1S/C17H12BrNO/c18-15-8-11-17(19-12-15)20-16-9-6-14(7-10-16)13-4-2-1-3-5-13/h1-12H. The molecule has 0 aliphatic heterocycles. The highest BCUT2D eigenvalue weighted by Gasteiger charge is 2.00. The molecule has 0 bridgehead atoms. The van der Waals surface area contributed by atoms with E-state index >= 15 is 0 Å². The predicted octanol–water partition coefficient (Wildman–Crippen LogP) is 5.30. The van der Waals surface area contributed by atoms with E-state index in [0.717, 1.165) is 10.2 Å². The minimum Gasteiger partial charge on any atom is -0.439 e. The SMILES string of the molecule is Brc1ccc(Oc2ccc(-c3ccccc3)cc2)nc1. The van der Waals surface area contributed by atoms with E-state index in [9.17, 15) is 0 Å². The van der Waals surface area contributed by atoms with E-state index in [4.69, 9.17) is 4.74 Å². The second-order valence-corrected chi connectivity index (χ2v) is 5.22. The number of hydrogen-bond acceptors (Lipinski definition) is 2. The van der Waals surface area contributed by atoms with Crippen molar-refractivity contribution < 1.29 is 4.74 Å². The van der Waals surface area contributed by atoms with Gasteiger partial charge >= 0.3 is 0 Å². The minimum absolute atomic E-state index is 0.584. The number of pyridine rings is 1. The lowest BCUT2D eigenvalue weighted by atomic mass is 10.1. The Kier molecular flexibility index (Phi) is 3.79. The van der Waals surface area contributed by atoms with E-state index in [2.05, 4.69) is 33.0 Å². The third-order valence-corrected chi connectivity index (χ3v) is 3.35. The van der Waals surface area contributed by atoms with Gasteiger partial charge in [-0.3, -0.25) is 0 Å². The Hall–Kier alpha value is -2.13. The van der Waals surface area contributed by atoms with E-state index in [1.165, 1.54) is 11.1 Å². The molecule has 0 saturated carbocycles. The van der Waals surface area contributed by atoms with Crippen molar-refractivity contribution in [3.05, 3.63) is 77.4 Å². The number of hydrogen-bond donors (Lipinski definition) is 0. The van der Waals surface area contributed by atoms with Gasteiger partial charge in [0.15, 0.2) is 0 Å². The predicted molar refractivity (Wildman–Crippen MR) is 83.9 cm³/mol. The van der Waals surface area contributed by atoms with Crippen LogP contribution in [0.2, 0.25) is 0 Å². The molecule has 2 nitrogen and oxygen atoms in total. The van der Waals surface area contributed by atoms with Crippen LogP contribution in [0, 0.1) is 0 Å². The highest BCUT2D eigenvalue weighted by atomic mass is 79.9. The average molecular weight is 326 g/mol. The van der Waals surface area contributed by atoms with Crippen LogP contribution in [-0.2, 0) is 0 Å². The molecule has 3 rings (SSSR count). The van der Waals surface area contributed by atoms with Crippen molar-refractivity contribution in [3.63, 3.8) is 0 Å². The maximum atomic E-state index is 5.69. The third kappa shape index (κ3) is 3.06. The van der Waals surface area contributed by atoms with Gasteiger partial charge in [0, 0.05) is 16.7 Å². The number of halogens is 1. The van der Waals surface area contributed by atoms with Crippen LogP contribution in [0.25, 0.3) is 11.1 Å². The number of ether oxygens (including phenoxy) is 1. The molecule has 0 aliphatic rings. The fraction of sp³-hybridized carbons (Fsp3) is 0. The van der Waals surface area contributed by atoms with Crippen LogP contribution in [-0.4, -0.2) is 4.98 Å². The molecule has 3 heteroatoms. The van der Waals surface area contributed by atoms with Crippen molar-refractivity contribution in [1.29, 1.82) is 0 Å². The van der Waals surface area contributed by atoms with Gasteiger partial charge in [-0.1, -0.05) is 42.5 Å². The molecule has 0 spiro atoms. The second kappa shape index (κ2) is 5.88. The third-order valence-electron chi connectivity index (χ3n) is 2.88. The Balaban J connectivity index is 1.78. The van der Waals surface area contributed by atoms with Gasteiger partial charge in [-0.05, 0) is 45.3 Å². The van der Waals surface area contributed by atoms with E-state index in [-0.39, 0.29) is 0 Å². The van der Waals surface area contributed by atoms with Gasteiger partial charge in [-0.2, -0.15) is 0 Å². The maximum absolute atomic E-state index is 5.69. The molecule has 1 aromatic heterocycles. The first-order chi connectivity index (χ1) is 9.81. The molecule has 0 saturated heterocycles. The van der Waals surface area contributed by atoms with Crippen LogP contribution < -0.4 is 4.74 Å². The summed E-state index contributed by atoms with van der Waals surface area (Å²) in [5, 5.41) is 0. The molecule has 1 heterocycles. The van der Waals surface area contributed by atoms with Crippen molar-refractivity contribution in [1.82, 2.24) is 4.98 Å². The number of benzene rings is 2. The van der Waals surface area contributed by atoms with Gasteiger partial charge in [0.1, 0.15) is 5.75 Å². The Morgan fingerprint density at radius 3 is 2.10 bits per heavy atom. The topological polar surface area (TPSA) is 22.1 Å². The van der Waals surface area contributed by atoms with Crippen LogP contribution in [0.3, 0.4) is 0 Å². The molecule has 98 valence electrons. The Bertz CT molecular complexity index is 678. The van der Waals surface area contributed by atoms with Gasteiger partial charge in [-0.25, -0.2) is 4.98 Å². The fourth-order valence-electron chi connectivity index (χ4n) is 1.89. The number of nitrogens with zero attached hydrogens (tertiary/aromatic N) is 1. The van der Waals surface area contributed by atoms with Crippen molar-refractivity contribution >= 4 is 15.9 Å². The molecule has 0 unspecified atom stereocenters. The first-order valence-corrected chi connectivity index (χ1v) is 7.05. The molecular formula is C17H12BrNO. The van der Waals surface area contributed by atoms with Crippen LogP contribution in [0.15, 0.2) is 77.4 Å². The molecule has 0 fully saturated rings. The van der Waals surface area contributed by atoms with E-state index in [1.54, 1.807) is 6.20 Å². The normalized spacial score (nSPS) is 10.2. The number of aromatic nitrogens is 1. The van der Waals surface area contributed by atoms with Crippen molar-refractivity contribution in [2.24, 2.45) is 0 Å². The molecule has 2 aromatic carbocycles. The van der Waals surface area contributed by atoms with Gasteiger partial charge in [0.25, 0.3) is 0 Å². The van der Waals surface area contributed by atoms with Crippen LogP contribution in [0.5, 0.6) is 11.6 Å². The van der Waals surface area contributed by atoms with Gasteiger partial charge < -0.3 is 4.74 Å². The zero-order valence-corrected chi connectivity index (χ0v) is 12.2. The van der Waals surface area contributed by atoms with E-state index in [0.29, 0.717) is 5.88 Å². The molecular weight excluding hydrogens is 314 g/mol. The number of rotatable bonds is 3. The summed E-state index contributed by atoms with van der Waals surface area (Å²) in [7, 11) is 0. The van der Waals surface area contributed by atoms with E-state index in [1.807, 2.05) is 54.6 Å². The summed E-state index contributed by atoms with van der Waals surface area (Å²) >= 11 is 3.35. The summed E-state index contributed by atoms with van der Waals surface area (Å²) in [5.41, 5.74) is 2.36. The maximum Gasteiger partial charge on any atom is 0.219 e. The lowest BCUT2D eigenvalue weighted by Gasteiger charge is -2.06. The van der Waals surface area contributed by atoms with Crippen LogP contribution >= 0.6 is 15.9 Å². The quantitative estimate of drug-likeness (QED) is 0.651. The molecule has 0 atom stereocenters. The molecule has 3 aromatic rings. The Labute approximate surface area is 126 Å². The highest BCUT2D eigenvalue weighted by molar-refractivity contribution is 9.10. The molecule has 0 amide bonds. The molecule has 0 radical (unpaired) electrons. The Morgan fingerprint density at radius 2 is 1.45 bits per heavy atom. The lowest BCUT2D eigenvalue weighted by Crippen LogP contribution is -1.87. The molecule has 0 aliphatic carbocycles. The summed E-state index contributed by atoms with van der Waals surface area (Å²) in [5.74, 6) is 1.36. The monoisotopic (exact) mass is 325 g/mol. The summed E-state index contributed by atoms with van der Waals surface area (Å²) in [6.45, 7) is 0. The van der Waals surface area contributed by atoms with E-state index < -0.39 is 0 Å². The van der Waals surface area contributed by atoms with Gasteiger partial charge in [0.05, 0.1) is 0 Å². The van der Waals surface area contributed by atoms with Gasteiger partial charge in [0.2, 0.25) is 5.88 Å². The molecule has 20 heavy (non-hydrogen) atoms. The minimum atomic E-state index is 0.584. The zero-order chi connectivity index (χ0) is 13.8. The van der Waals surface area contributed by atoms with Crippen molar-refractivity contribution in [3.8, 4) is 22.8 Å². The highest BCUT2D eigenvalue weighted by Crippen LogP contribution is 2.25. The van der Waals surface area contributed by atoms with Crippen LogP contribution in [0.4, 0.5) is 0 Å². The summed E-state index contributed by atoms with van der Waals surface area (Å²) in [4.78, 5) is 4.19. The Morgan fingerprint density at radius 1 is 0.750 bits per heavy atom. The van der Waals surface area contributed by atoms with Gasteiger partial charge in [-0.15, -0.1) is 0 Å². The average Bonchev–Trinajstić information content (AvgIpc) is 2.51. The zero-order valence-electron chi connectivity index (χ0n) is 10.7. The van der Waals surface area contributed by atoms with Crippen LogP contribution in [0.1, 0.15) is 0 Å². The summed E-state index contributed by atoms with van der Waals surface area (Å²) < 4.78 is 6.63.